The van der Waals surface area contributed by atoms with Gasteiger partial charge in [-0.1, -0.05) is 41.4 Å². The fraction of sp³-hybridized carbons (Fsp3) is 0.0833. The average Bonchev–Trinajstić information content (AvgIpc) is 2.75. The summed E-state index contributed by atoms with van der Waals surface area (Å²) in [5, 5.41) is 3.50. The van der Waals surface area contributed by atoms with Gasteiger partial charge >= 0.3 is 0 Å². The van der Waals surface area contributed by atoms with E-state index in [1.807, 2.05) is 19.1 Å². The second-order valence-electron chi connectivity index (χ2n) is 6.83. The Morgan fingerprint density at radius 2 is 1.80 bits per heavy atom. The smallest absolute Gasteiger partial charge is 0.257 e. The van der Waals surface area contributed by atoms with Crippen LogP contribution in [0.5, 0.6) is 5.75 Å². The highest BCUT2D eigenvalue weighted by atomic mass is 35.5. The molecule has 0 fully saturated rings. The van der Waals surface area contributed by atoms with Crippen molar-refractivity contribution in [2.24, 2.45) is 0 Å². The van der Waals surface area contributed by atoms with Gasteiger partial charge in [-0.2, -0.15) is 0 Å². The molecule has 5 nitrogen and oxygen atoms in total. The molecule has 0 saturated carbocycles. The number of hydrogen-bond donors (Lipinski definition) is 1. The first-order valence-corrected chi connectivity index (χ1v) is 9.63. The molecule has 4 rings (SSSR count). The first kappa shape index (κ1) is 19.7. The number of carbonyl (C=O) groups is 1. The van der Waals surface area contributed by atoms with Crippen LogP contribution in [0.25, 0.3) is 22.1 Å². The van der Waals surface area contributed by atoms with E-state index in [0.717, 1.165) is 5.56 Å². The first-order chi connectivity index (χ1) is 14.5. The molecule has 0 bridgehead atoms. The lowest BCUT2D eigenvalue weighted by Crippen LogP contribution is -2.16. The summed E-state index contributed by atoms with van der Waals surface area (Å²) in [6, 6.07) is 18.9. The SMILES string of the molecule is COc1cccc(-c2c(NC(=O)c3ccc(C)cc3)oc3ccc(Cl)cc3c2=O)c1. The first-order valence-electron chi connectivity index (χ1n) is 9.25. The predicted octanol–water partition coefficient (Wildman–Crippen LogP) is 5.68. The molecule has 1 N–H and O–H groups in total. The van der Waals surface area contributed by atoms with Gasteiger partial charge in [-0.3, -0.25) is 14.9 Å². The van der Waals surface area contributed by atoms with E-state index in [2.05, 4.69) is 5.32 Å². The summed E-state index contributed by atoms with van der Waals surface area (Å²) in [4.78, 5) is 26.2. The number of ether oxygens (including phenoxy) is 1. The van der Waals surface area contributed by atoms with Crippen molar-refractivity contribution in [1.29, 1.82) is 0 Å². The van der Waals surface area contributed by atoms with Crippen LogP contribution in [0, 0.1) is 6.92 Å². The number of fused-ring (bicyclic) bond motifs is 1. The van der Waals surface area contributed by atoms with Gasteiger partial charge in [0.05, 0.1) is 18.1 Å². The highest BCUT2D eigenvalue weighted by molar-refractivity contribution is 6.31. The molecule has 0 radical (unpaired) electrons. The van der Waals surface area contributed by atoms with Crippen molar-refractivity contribution in [2.75, 3.05) is 12.4 Å². The van der Waals surface area contributed by atoms with E-state index in [1.54, 1.807) is 61.7 Å². The number of carbonyl (C=O) groups excluding carboxylic acids is 1. The van der Waals surface area contributed by atoms with E-state index >= 15 is 0 Å². The Bertz CT molecular complexity index is 1310. The van der Waals surface area contributed by atoms with Gasteiger partial charge in [-0.25, -0.2) is 0 Å². The third kappa shape index (κ3) is 3.80. The van der Waals surface area contributed by atoms with Crippen LogP contribution in [0.15, 0.2) is 75.9 Å². The maximum atomic E-state index is 13.4. The lowest BCUT2D eigenvalue weighted by molar-refractivity contribution is 0.102. The number of methoxy groups -OCH3 is 1. The fourth-order valence-corrected chi connectivity index (χ4v) is 3.35. The van der Waals surface area contributed by atoms with Crippen molar-refractivity contribution < 1.29 is 13.9 Å². The van der Waals surface area contributed by atoms with E-state index in [4.69, 9.17) is 20.8 Å². The van der Waals surface area contributed by atoms with Crippen LogP contribution in [-0.2, 0) is 0 Å². The Hall–Kier alpha value is -3.57. The van der Waals surface area contributed by atoms with Gasteiger partial charge in [-0.05, 0) is 55.0 Å². The molecular formula is C24H18ClNO4. The molecule has 0 spiro atoms. The lowest BCUT2D eigenvalue weighted by Gasteiger charge is -2.12. The normalized spacial score (nSPS) is 10.8. The molecule has 0 aliphatic carbocycles. The number of benzene rings is 3. The van der Waals surface area contributed by atoms with Crippen LogP contribution in [0.2, 0.25) is 5.02 Å². The molecule has 0 aliphatic rings. The second kappa shape index (κ2) is 8.05. The summed E-state index contributed by atoms with van der Waals surface area (Å²) in [5.41, 5.74) is 2.31. The van der Waals surface area contributed by atoms with Crippen molar-refractivity contribution in [3.63, 3.8) is 0 Å². The average molecular weight is 420 g/mol. The topological polar surface area (TPSA) is 68.5 Å². The zero-order chi connectivity index (χ0) is 21.3. The molecule has 6 heteroatoms. The van der Waals surface area contributed by atoms with E-state index < -0.39 is 0 Å². The molecule has 0 atom stereocenters. The Kier molecular flexibility index (Phi) is 5.29. The van der Waals surface area contributed by atoms with Gasteiger partial charge in [0, 0.05) is 10.6 Å². The van der Waals surface area contributed by atoms with Crippen molar-refractivity contribution in [3.05, 3.63) is 93.1 Å². The van der Waals surface area contributed by atoms with E-state index in [1.165, 1.54) is 0 Å². The fourth-order valence-electron chi connectivity index (χ4n) is 3.18. The molecule has 0 saturated heterocycles. The van der Waals surface area contributed by atoms with Crippen molar-refractivity contribution in [1.82, 2.24) is 0 Å². The maximum absolute atomic E-state index is 13.4. The van der Waals surface area contributed by atoms with Gasteiger partial charge in [0.25, 0.3) is 5.91 Å². The molecule has 0 unspecified atom stereocenters. The van der Waals surface area contributed by atoms with Crippen molar-refractivity contribution in [3.8, 4) is 16.9 Å². The summed E-state index contributed by atoms with van der Waals surface area (Å²) >= 11 is 6.08. The van der Waals surface area contributed by atoms with Crippen LogP contribution in [0.1, 0.15) is 15.9 Å². The number of halogens is 1. The minimum absolute atomic E-state index is 0.0636. The molecule has 4 aromatic rings. The Labute approximate surface area is 177 Å². The largest absolute Gasteiger partial charge is 0.497 e. The molecule has 1 heterocycles. The van der Waals surface area contributed by atoms with Crippen LogP contribution in [-0.4, -0.2) is 13.0 Å². The quantitative estimate of drug-likeness (QED) is 0.462. The molecule has 1 aromatic heterocycles. The zero-order valence-corrected chi connectivity index (χ0v) is 17.1. The molecule has 150 valence electrons. The van der Waals surface area contributed by atoms with Gasteiger partial charge in [0.2, 0.25) is 11.3 Å². The Balaban J connectivity index is 1.90. The summed E-state index contributed by atoms with van der Waals surface area (Å²) in [7, 11) is 1.54. The van der Waals surface area contributed by atoms with E-state index in [0.29, 0.717) is 32.9 Å². The zero-order valence-electron chi connectivity index (χ0n) is 16.4. The van der Waals surface area contributed by atoms with Crippen LogP contribution < -0.4 is 15.5 Å². The minimum Gasteiger partial charge on any atom is -0.497 e. The van der Waals surface area contributed by atoms with Crippen LogP contribution >= 0.6 is 11.6 Å². The molecule has 1 amide bonds. The maximum Gasteiger partial charge on any atom is 0.257 e. The predicted molar refractivity (Wildman–Crippen MR) is 119 cm³/mol. The van der Waals surface area contributed by atoms with Gasteiger partial charge in [-0.15, -0.1) is 0 Å². The number of rotatable bonds is 4. The van der Waals surface area contributed by atoms with Gasteiger partial charge in [0.1, 0.15) is 11.3 Å². The van der Waals surface area contributed by atoms with Gasteiger partial charge < -0.3 is 9.15 Å². The highest BCUT2D eigenvalue weighted by Crippen LogP contribution is 2.31. The number of amides is 1. The molecule has 0 aliphatic heterocycles. The van der Waals surface area contributed by atoms with Crippen LogP contribution in [0.3, 0.4) is 0 Å². The molecular weight excluding hydrogens is 402 g/mol. The minimum atomic E-state index is -0.379. The van der Waals surface area contributed by atoms with Crippen molar-refractivity contribution in [2.45, 2.75) is 6.92 Å². The molecule has 3 aromatic carbocycles. The Morgan fingerprint density at radius 1 is 1.03 bits per heavy atom. The summed E-state index contributed by atoms with van der Waals surface area (Å²) in [6.45, 7) is 1.94. The van der Waals surface area contributed by atoms with Crippen LogP contribution in [0.4, 0.5) is 5.88 Å². The van der Waals surface area contributed by atoms with E-state index in [-0.39, 0.29) is 22.8 Å². The van der Waals surface area contributed by atoms with Gasteiger partial charge in [0.15, 0.2) is 0 Å². The monoisotopic (exact) mass is 419 g/mol. The highest BCUT2D eigenvalue weighted by Gasteiger charge is 2.19. The second-order valence-corrected chi connectivity index (χ2v) is 7.26. The number of aryl methyl sites for hydroxylation is 1. The number of nitrogens with one attached hydrogen (secondary N) is 1. The number of hydrogen-bond acceptors (Lipinski definition) is 4. The van der Waals surface area contributed by atoms with E-state index in [9.17, 15) is 9.59 Å². The standard InChI is InChI=1S/C24H18ClNO4/c1-14-6-8-15(9-7-14)23(28)26-24-21(16-4-3-5-18(12-16)29-2)22(27)19-13-17(25)10-11-20(19)30-24/h3-13H,1-2H3,(H,26,28). The molecule has 30 heavy (non-hydrogen) atoms. The van der Waals surface area contributed by atoms with Crippen molar-refractivity contribution >= 4 is 34.4 Å². The summed E-state index contributed by atoms with van der Waals surface area (Å²) < 4.78 is 11.2. The third-order valence-electron chi connectivity index (χ3n) is 4.75. The summed E-state index contributed by atoms with van der Waals surface area (Å²) in [6.07, 6.45) is 0. The number of anilines is 1. The summed E-state index contributed by atoms with van der Waals surface area (Å²) in [5.74, 6) is 0.262. The Morgan fingerprint density at radius 3 is 2.53 bits per heavy atom. The third-order valence-corrected chi connectivity index (χ3v) is 4.99. The lowest BCUT2D eigenvalue weighted by atomic mass is 10.0.